The van der Waals surface area contributed by atoms with Crippen LogP contribution >= 0.6 is 11.3 Å². The second kappa shape index (κ2) is 6.18. The van der Waals surface area contributed by atoms with Crippen LogP contribution in [0.2, 0.25) is 0 Å². The van der Waals surface area contributed by atoms with Crippen LogP contribution in [-0.4, -0.2) is 15.5 Å². The Balaban J connectivity index is 2.09. The average molecular weight is 325 g/mol. The molecule has 0 fully saturated rings. The molecule has 2 heterocycles. The van der Waals surface area contributed by atoms with Crippen LogP contribution in [0.5, 0.6) is 0 Å². The van der Waals surface area contributed by atoms with E-state index in [2.05, 4.69) is 4.98 Å². The zero-order chi connectivity index (χ0) is 16.4. The Kier molecular flexibility index (Phi) is 4.08. The number of hydrogen-bond donors (Lipinski definition) is 0. The maximum Gasteiger partial charge on any atom is 0.264 e. The molecule has 3 aromatic rings. The number of benzene rings is 1. The van der Waals surface area contributed by atoms with Crippen molar-refractivity contribution in [2.24, 2.45) is 7.05 Å². The standard InChI is InChI=1S/C17H15N3O2S/c1-12-11-23-17(18-12)20(14-6-4-3-5-7-14)16(22)13-8-9-19(2)15(21)10-13/h3-11H,1-2H3. The summed E-state index contributed by atoms with van der Waals surface area (Å²) in [6.45, 7) is 1.88. The van der Waals surface area contributed by atoms with Gasteiger partial charge in [-0.3, -0.25) is 14.5 Å². The smallest absolute Gasteiger partial charge is 0.264 e. The summed E-state index contributed by atoms with van der Waals surface area (Å²) in [6, 6.07) is 12.3. The molecule has 0 atom stereocenters. The van der Waals surface area contributed by atoms with Gasteiger partial charge in [-0.1, -0.05) is 18.2 Å². The Bertz CT molecular complexity index is 899. The van der Waals surface area contributed by atoms with E-state index in [4.69, 9.17) is 0 Å². The number of pyridine rings is 1. The number of para-hydroxylation sites is 1. The maximum absolute atomic E-state index is 13.0. The van der Waals surface area contributed by atoms with E-state index >= 15 is 0 Å². The summed E-state index contributed by atoms with van der Waals surface area (Å²) in [6.07, 6.45) is 1.59. The highest BCUT2D eigenvalue weighted by molar-refractivity contribution is 7.14. The Hall–Kier alpha value is -2.73. The van der Waals surface area contributed by atoms with E-state index in [-0.39, 0.29) is 11.5 Å². The molecule has 1 aromatic carbocycles. The molecule has 6 heteroatoms. The van der Waals surface area contributed by atoms with Gasteiger partial charge in [-0.05, 0) is 25.1 Å². The lowest BCUT2D eigenvalue weighted by Crippen LogP contribution is -2.28. The first-order valence-corrected chi connectivity index (χ1v) is 7.92. The maximum atomic E-state index is 13.0. The number of thiazole rings is 1. The molecule has 0 saturated heterocycles. The lowest BCUT2D eigenvalue weighted by atomic mass is 10.2. The zero-order valence-electron chi connectivity index (χ0n) is 12.8. The third-order valence-corrected chi connectivity index (χ3v) is 4.31. The van der Waals surface area contributed by atoms with Crippen molar-refractivity contribution in [3.8, 4) is 0 Å². The van der Waals surface area contributed by atoms with Crippen molar-refractivity contribution in [3.63, 3.8) is 0 Å². The van der Waals surface area contributed by atoms with Crippen LogP contribution in [-0.2, 0) is 7.05 Å². The molecule has 0 aliphatic rings. The van der Waals surface area contributed by atoms with Gasteiger partial charge in [0.25, 0.3) is 11.5 Å². The fourth-order valence-corrected chi connectivity index (χ4v) is 2.97. The Morgan fingerprint density at radius 1 is 1.22 bits per heavy atom. The molecule has 0 spiro atoms. The molecular weight excluding hydrogens is 310 g/mol. The molecule has 0 bridgehead atoms. The third kappa shape index (κ3) is 3.07. The molecule has 0 unspecified atom stereocenters. The lowest BCUT2D eigenvalue weighted by molar-refractivity contribution is 0.0999. The molecule has 3 rings (SSSR count). The van der Waals surface area contributed by atoms with Crippen LogP contribution in [0.25, 0.3) is 0 Å². The van der Waals surface area contributed by atoms with Gasteiger partial charge in [0.05, 0.1) is 11.4 Å². The van der Waals surface area contributed by atoms with E-state index < -0.39 is 0 Å². The second-order valence-electron chi connectivity index (χ2n) is 5.11. The number of hydrogen-bond acceptors (Lipinski definition) is 4. The molecule has 116 valence electrons. The minimum absolute atomic E-state index is 0.223. The van der Waals surface area contributed by atoms with Gasteiger partial charge in [-0.25, -0.2) is 4.98 Å². The summed E-state index contributed by atoms with van der Waals surface area (Å²) >= 11 is 1.39. The normalized spacial score (nSPS) is 10.5. The molecule has 0 aliphatic heterocycles. The summed E-state index contributed by atoms with van der Waals surface area (Å²) in [5.74, 6) is -0.275. The molecule has 0 radical (unpaired) electrons. The minimum atomic E-state index is -0.275. The summed E-state index contributed by atoms with van der Waals surface area (Å²) in [4.78, 5) is 30.7. The Labute approximate surface area is 137 Å². The molecule has 2 aromatic heterocycles. The molecule has 1 amide bonds. The van der Waals surface area contributed by atoms with Crippen LogP contribution in [0.15, 0.2) is 58.8 Å². The summed E-state index contributed by atoms with van der Waals surface area (Å²) < 4.78 is 1.43. The highest BCUT2D eigenvalue weighted by atomic mass is 32.1. The summed E-state index contributed by atoms with van der Waals surface area (Å²) in [7, 11) is 1.65. The number of carbonyl (C=O) groups is 1. The molecule has 0 N–H and O–H groups in total. The van der Waals surface area contributed by atoms with E-state index in [9.17, 15) is 9.59 Å². The van der Waals surface area contributed by atoms with Crippen LogP contribution in [0.1, 0.15) is 16.1 Å². The van der Waals surface area contributed by atoms with Gasteiger partial charge in [0.1, 0.15) is 0 Å². The molecule has 0 saturated carbocycles. The number of carbonyl (C=O) groups excluding carboxylic acids is 1. The SMILES string of the molecule is Cc1csc(N(C(=O)c2ccn(C)c(=O)c2)c2ccccc2)n1. The van der Waals surface area contributed by atoms with Gasteiger partial charge in [0.15, 0.2) is 5.13 Å². The predicted octanol–water partition coefficient (Wildman–Crippen LogP) is 3.13. The van der Waals surface area contributed by atoms with Gasteiger partial charge in [-0.2, -0.15) is 0 Å². The highest BCUT2D eigenvalue weighted by Gasteiger charge is 2.22. The lowest BCUT2D eigenvalue weighted by Gasteiger charge is -2.20. The highest BCUT2D eigenvalue weighted by Crippen LogP contribution is 2.29. The monoisotopic (exact) mass is 325 g/mol. The Morgan fingerprint density at radius 2 is 1.96 bits per heavy atom. The summed E-state index contributed by atoms with van der Waals surface area (Å²) in [5.41, 5.74) is 1.68. The van der Waals surface area contributed by atoms with E-state index in [0.717, 1.165) is 5.69 Å². The summed E-state index contributed by atoms with van der Waals surface area (Å²) in [5, 5.41) is 2.47. The molecule has 0 aliphatic carbocycles. The van der Waals surface area contributed by atoms with Gasteiger partial charge in [-0.15, -0.1) is 11.3 Å². The van der Waals surface area contributed by atoms with Gasteiger partial charge >= 0.3 is 0 Å². The van der Waals surface area contributed by atoms with Crippen molar-refractivity contribution >= 4 is 28.1 Å². The van der Waals surface area contributed by atoms with Crippen molar-refractivity contribution in [2.45, 2.75) is 6.92 Å². The fourth-order valence-electron chi connectivity index (χ4n) is 2.15. The third-order valence-electron chi connectivity index (χ3n) is 3.37. The molecule has 5 nitrogen and oxygen atoms in total. The fraction of sp³-hybridized carbons (Fsp3) is 0.118. The van der Waals surface area contributed by atoms with Crippen molar-refractivity contribution in [1.82, 2.24) is 9.55 Å². The average Bonchev–Trinajstić information content (AvgIpc) is 2.97. The predicted molar refractivity (Wildman–Crippen MR) is 91.4 cm³/mol. The first kappa shape index (κ1) is 15.2. The van der Waals surface area contributed by atoms with Gasteiger partial charge < -0.3 is 4.57 Å². The van der Waals surface area contributed by atoms with Gasteiger partial charge in [0.2, 0.25) is 0 Å². The number of aromatic nitrogens is 2. The second-order valence-corrected chi connectivity index (χ2v) is 5.95. The van der Waals surface area contributed by atoms with Crippen molar-refractivity contribution in [2.75, 3.05) is 4.90 Å². The van der Waals surface area contributed by atoms with Crippen molar-refractivity contribution in [3.05, 3.63) is 75.7 Å². The van der Waals surface area contributed by atoms with Crippen LogP contribution < -0.4 is 10.5 Å². The number of nitrogens with zero attached hydrogens (tertiary/aromatic N) is 3. The van der Waals surface area contributed by atoms with E-state index in [1.165, 1.54) is 26.9 Å². The van der Waals surface area contributed by atoms with Crippen LogP contribution in [0, 0.1) is 6.92 Å². The minimum Gasteiger partial charge on any atom is -0.319 e. The number of rotatable bonds is 3. The molecule has 23 heavy (non-hydrogen) atoms. The molecular formula is C17H15N3O2S. The largest absolute Gasteiger partial charge is 0.319 e. The first-order valence-electron chi connectivity index (χ1n) is 7.04. The number of amides is 1. The van der Waals surface area contributed by atoms with Gasteiger partial charge in [0, 0.05) is 30.3 Å². The van der Waals surface area contributed by atoms with Crippen LogP contribution in [0.3, 0.4) is 0 Å². The van der Waals surface area contributed by atoms with E-state index in [0.29, 0.717) is 16.4 Å². The number of aryl methyl sites for hydroxylation is 2. The topological polar surface area (TPSA) is 55.2 Å². The Morgan fingerprint density at radius 3 is 2.57 bits per heavy atom. The van der Waals surface area contributed by atoms with Crippen LogP contribution in [0.4, 0.5) is 10.8 Å². The number of anilines is 2. The van der Waals surface area contributed by atoms with Crippen molar-refractivity contribution < 1.29 is 4.79 Å². The first-order chi connectivity index (χ1) is 11.1. The van der Waals surface area contributed by atoms with E-state index in [1.807, 2.05) is 42.6 Å². The van der Waals surface area contributed by atoms with E-state index in [1.54, 1.807) is 19.3 Å². The van der Waals surface area contributed by atoms with Crippen molar-refractivity contribution in [1.29, 1.82) is 0 Å². The quantitative estimate of drug-likeness (QED) is 0.743. The zero-order valence-corrected chi connectivity index (χ0v) is 13.6.